The van der Waals surface area contributed by atoms with Crippen molar-refractivity contribution < 1.29 is 22.7 Å². The Balaban J connectivity index is 2.28. The van der Waals surface area contributed by atoms with Crippen LogP contribution in [0.2, 0.25) is 0 Å². The Hall–Kier alpha value is -2.04. The molecule has 0 aliphatic heterocycles. The molecule has 0 aliphatic rings. The number of hydrogen-bond donors (Lipinski definition) is 3. The molecule has 2 rings (SSSR count). The minimum atomic E-state index is -4.24. The van der Waals surface area contributed by atoms with Gasteiger partial charge in [0.25, 0.3) is 0 Å². The van der Waals surface area contributed by atoms with Crippen molar-refractivity contribution in [1.82, 2.24) is 9.71 Å². The van der Waals surface area contributed by atoms with Gasteiger partial charge in [-0.1, -0.05) is 11.3 Å². The fourth-order valence-corrected chi connectivity index (χ4v) is 3.18. The van der Waals surface area contributed by atoms with Crippen LogP contribution in [0, 0.1) is 5.82 Å². The number of H-pyrrole nitrogens is 1. The van der Waals surface area contributed by atoms with E-state index in [4.69, 9.17) is 5.11 Å². The van der Waals surface area contributed by atoms with Gasteiger partial charge in [-0.2, -0.15) is 0 Å². The number of thiazole rings is 1. The number of benzene rings is 1. The van der Waals surface area contributed by atoms with Crippen LogP contribution in [0.3, 0.4) is 0 Å². The largest absolute Gasteiger partial charge is 0.478 e. The fourth-order valence-electron chi connectivity index (χ4n) is 1.49. The van der Waals surface area contributed by atoms with E-state index in [1.165, 1.54) is 5.38 Å². The lowest BCUT2D eigenvalue weighted by Crippen LogP contribution is -2.25. The van der Waals surface area contributed by atoms with Gasteiger partial charge in [-0.15, -0.1) is 0 Å². The second-order valence-electron chi connectivity index (χ2n) is 3.95. The van der Waals surface area contributed by atoms with Gasteiger partial charge in [-0.3, -0.25) is 4.79 Å². The van der Waals surface area contributed by atoms with Crippen LogP contribution in [-0.4, -0.2) is 24.5 Å². The Morgan fingerprint density at radius 3 is 2.71 bits per heavy atom. The molecular formula is C11H9FN2O5S2. The average molecular weight is 332 g/mol. The van der Waals surface area contributed by atoms with Crippen molar-refractivity contribution in [2.75, 3.05) is 0 Å². The second-order valence-corrected chi connectivity index (χ2v) is 6.53. The van der Waals surface area contributed by atoms with Crippen molar-refractivity contribution in [1.29, 1.82) is 0 Å². The third kappa shape index (κ3) is 3.54. The van der Waals surface area contributed by atoms with E-state index in [2.05, 4.69) is 9.71 Å². The first-order valence-electron chi connectivity index (χ1n) is 5.49. The Kier molecular flexibility index (Phi) is 4.21. The lowest BCUT2D eigenvalue weighted by Gasteiger charge is -2.07. The van der Waals surface area contributed by atoms with Crippen LogP contribution in [0.1, 0.15) is 16.1 Å². The first kappa shape index (κ1) is 15.4. The molecule has 10 heteroatoms. The van der Waals surface area contributed by atoms with Crippen molar-refractivity contribution in [3.8, 4) is 0 Å². The molecule has 2 aromatic rings. The predicted octanol–water partition coefficient (Wildman–Crippen LogP) is 0.752. The first-order chi connectivity index (χ1) is 9.79. The van der Waals surface area contributed by atoms with Gasteiger partial charge in [0.1, 0.15) is 10.7 Å². The number of aromatic carboxylic acids is 1. The van der Waals surface area contributed by atoms with Gasteiger partial charge in [0.05, 0.1) is 12.1 Å². The molecule has 0 aliphatic carbocycles. The molecule has 21 heavy (non-hydrogen) atoms. The molecule has 0 saturated heterocycles. The van der Waals surface area contributed by atoms with Gasteiger partial charge >= 0.3 is 10.8 Å². The number of carboxylic acids is 1. The van der Waals surface area contributed by atoms with Crippen LogP contribution in [-0.2, 0) is 16.6 Å². The Morgan fingerprint density at radius 2 is 2.14 bits per heavy atom. The van der Waals surface area contributed by atoms with Crippen molar-refractivity contribution in [2.45, 2.75) is 11.4 Å². The van der Waals surface area contributed by atoms with Crippen LogP contribution < -0.4 is 9.60 Å². The van der Waals surface area contributed by atoms with Gasteiger partial charge in [0.15, 0.2) is 0 Å². The Labute approximate surface area is 122 Å². The van der Waals surface area contributed by atoms with Crippen molar-refractivity contribution >= 4 is 27.3 Å². The first-order valence-corrected chi connectivity index (χ1v) is 7.85. The van der Waals surface area contributed by atoms with Crippen molar-refractivity contribution in [3.05, 3.63) is 50.3 Å². The van der Waals surface area contributed by atoms with E-state index in [0.717, 1.165) is 29.5 Å². The topological polar surface area (TPSA) is 116 Å². The van der Waals surface area contributed by atoms with Crippen LogP contribution in [0.15, 0.2) is 33.3 Å². The average Bonchev–Trinajstić information content (AvgIpc) is 2.82. The van der Waals surface area contributed by atoms with E-state index >= 15 is 0 Å². The monoisotopic (exact) mass is 332 g/mol. The number of carbonyl (C=O) groups is 1. The van der Waals surface area contributed by atoms with E-state index in [0.29, 0.717) is 5.69 Å². The molecule has 0 atom stereocenters. The highest BCUT2D eigenvalue weighted by Gasteiger charge is 2.21. The molecular weight excluding hydrogens is 323 g/mol. The van der Waals surface area contributed by atoms with E-state index in [-0.39, 0.29) is 17.0 Å². The lowest BCUT2D eigenvalue weighted by atomic mass is 10.2. The zero-order valence-electron chi connectivity index (χ0n) is 10.3. The second kappa shape index (κ2) is 5.76. The SMILES string of the molecule is O=C(O)c1ccc(F)c(S(=O)(=O)NCc2csc(=O)[nH]2)c1. The molecule has 1 aromatic heterocycles. The third-order valence-electron chi connectivity index (χ3n) is 2.49. The van der Waals surface area contributed by atoms with Crippen LogP contribution >= 0.6 is 11.3 Å². The highest BCUT2D eigenvalue weighted by Crippen LogP contribution is 2.16. The molecule has 112 valence electrons. The molecule has 0 fully saturated rings. The number of nitrogens with one attached hydrogen (secondary N) is 2. The predicted molar refractivity (Wildman–Crippen MR) is 72.3 cm³/mol. The minimum absolute atomic E-state index is 0.238. The zero-order valence-corrected chi connectivity index (χ0v) is 11.9. The van der Waals surface area contributed by atoms with Crippen molar-refractivity contribution in [3.63, 3.8) is 0 Å². The maximum Gasteiger partial charge on any atom is 0.335 e. The summed E-state index contributed by atoms with van der Waals surface area (Å²) in [6.45, 7) is -0.238. The molecule has 0 unspecified atom stereocenters. The summed E-state index contributed by atoms with van der Waals surface area (Å²) in [6, 6.07) is 2.47. The Bertz CT molecular complexity index is 840. The summed E-state index contributed by atoms with van der Waals surface area (Å²) in [4.78, 5) is 23.0. The van der Waals surface area contributed by atoms with E-state index in [1.54, 1.807) is 0 Å². The summed E-state index contributed by atoms with van der Waals surface area (Å²) in [5.74, 6) is -2.43. The van der Waals surface area contributed by atoms with Gasteiger partial charge in [0, 0.05) is 11.1 Å². The number of halogens is 1. The maximum atomic E-state index is 13.6. The normalized spacial score (nSPS) is 11.5. The molecule has 1 heterocycles. The van der Waals surface area contributed by atoms with Crippen LogP contribution in [0.5, 0.6) is 0 Å². The molecule has 0 amide bonds. The smallest absolute Gasteiger partial charge is 0.335 e. The Morgan fingerprint density at radius 1 is 1.43 bits per heavy atom. The standard InChI is InChI=1S/C11H9FN2O5S2/c12-8-2-1-6(10(15)16)3-9(8)21(18,19)13-4-7-5-20-11(17)14-7/h1-3,5,13H,4H2,(H,14,17)(H,15,16). The number of sulfonamides is 1. The number of aromatic nitrogens is 1. The lowest BCUT2D eigenvalue weighted by molar-refractivity contribution is 0.0696. The number of aromatic amines is 1. The molecule has 1 aromatic carbocycles. The van der Waals surface area contributed by atoms with E-state index < -0.39 is 26.7 Å². The number of rotatable bonds is 5. The van der Waals surface area contributed by atoms with Gasteiger partial charge in [0.2, 0.25) is 10.0 Å². The van der Waals surface area contributed by atoms with Crippen molar-refractivity contribution in [2.24, 2.45) is 0 Å². The van der Waals surface area contributed by atoms with E-state index in [9.17, 15) is 22.4 Å². The van der Waals surface area contributed by atoms with Crippen LogP contribution in [0.25, 0.3) is 0 Å². The van der Waals surface area contributed by atoms with Crippen LogP contribution in [0.4, 0.5) is 4.39 Å². The number of hydrogen-bond acceptors (Lipinski definition) is 5. The molecule has 0 spiro atoms. The summed E-state index contributed by atoms with van der Waals surface area (Å²) >= 11 is 0.863. The summed E-state index contributed by atoms with van der Waals surface area (Å²) < 4.78 is 39.6. The van der Waals surface area contributed by atoms with Gasteiger partial charge in [-0.25, -0.2) is 22.3 Å². The molecule has 0 bridgehead atoms. The maximum absolute atomic E-state index is 13.6. The molecule has 7 nitrogen and oxygen atoms in total. The molecule has 0 radical (unpaired) electrons. The molecule has 0 saturated carbocycles. The third-order valence-corrected chi connectivity index (χ3v) is 4.63. The van der Waals surface area contributed by atoms with Gasteiger partial charge in [-0.05, 0) is 18.2 Å². The highest BCUT2D eigenvalue weighted by atomic mass is 32.2. The summed E-state index contributed by atoms with van der Waals surface area (Å²) in [7, 11) is -4.24. The summed E-state index contributed by atoms with van der Waals surface area (Å²) in [5.41, 5.74) is -0.0240. The fraction of sp³-hybridized carbons (Fsp3) is 0.0909. The summed E-state index contributed by atoms with van der Waals surface area (Å²) in [6.07, 6.45) is 0. The number of carboxylic acid groups (broad SMARTS) is 1. The summed E-state index contributed by atoms with van der Waals surface area (Å²) in [5, 5.41) is 10.2. The quantitative estimate of drug-likeness (QED) is 0.747. The molecule has 3 N–H and O–H groups in total. The zero-order chi connectivity index (χ0) is 15.6. The van der Waals surface area contributed by atoms with Gasteiger partial charge < -0.3 is 10.1 Å². The van der Waals surface area contributed by atoms with E-state index in [1.807, 2.05) is 0 Å². The minimum Gasteiger partial charge on any atom is -0.478 e. The highest BCUT2D eigenvalue weighted by molar-refractivity contribution is 7.89.